The number of halogens is 3. The molecule has 2 aromatic carbocycles. The van der Waals surface area contributed by atoms with Crippen LogP contribution in [0.15, 0.2) is 42.5 Å². The van der Waals surface area contributed by atoms with Crippen molar-refractivity contribution in [2.75, 3.05) is 7.05 Å². The summed E-state index contributed by atoms with van der Waals surface area (Å²) < 4.78 is 13.3. The highest BCUT2D eigenvalue weighted by Crippen LogP contribution is 2.29. The SMILES string of the molecule is CNC(Cc1c(Cl)cccc1Cl)c1cccc(F)c1. The lowest BCUT2D eigenvalue weighted by molar-refractivity contribution is 0.577. The Morgan fingerprint density at radius 3 is 2.32 bits per heavy atom. The zero-order valence-corrected chi connectivity index (χ0v) is 12.0. The molecule has 0 spiro atoms. The Hall–Kier alpha value is -1.09. The van der Waals surface area contributed by atoms with Gasteiger partial charge in [0.15, 0.2) is 0 Å². The second-order valence-electron chi connectivity index (χ2n) is 4.30. The first-order valence-electron chi connectivity index (χ1n) is 5.97. The van der Waals surface area contributed by atoms with E-state index in [9.17, 15) is 4.39 Å². The lowest BCUT2D eigenvalue weighted by Crippen LogP contribution is -2.19. The Labute approximate surface area is 122 Å². The van der Waals surface area contributed by atoms with Gasteiger partial charge in [0, 0.05) is 16.1 Å². The molecule has 0 heterocycles. The van der Waals surface area contributed by atoms with Gasteiger partial charge < -0.3 is 5.32 Å². The number of hydrogen-bond acceptors (Lipinski definition) is 1. The maximum Gasteiger partial charge on any atom is 0.123 e. The highest BCUT2D eigenvalue weighted by atomic mass is 35.5. The van der Waals surface area contributed by atoms with E-state index in [4.69, 9.17) is 23.2 Å². The van der Waals surface area contributed by atoms with Crippen molar-refractivity contribution in [1.82, 2.24) is 5.32 Å². The smallest absolute Gasteiger partial charge is 0.123 e. The number of likely N-dealkylation sites (N-methyl/N-ethyl adjacent to an activating group) is 1. The van der Waals surface area contributed by atoms with Crippen LogP contribution in [0.1, 0.15) is 17.2 Å². The van der Waals surface area contributed by atoms with Gasteiger partial charge in [0.25, 0.3) is 0 Å². The van der Waals surface area contributed by atoms with E-state index in [-0.39, 0.29) is 11.9 Å². The van der Waals surface area contributed by atoms with Gasteiger partial charge in [-0.25, -0.2) is 4.39 Å². The highest BCUT2D eigenvalue weighted by Gasteiger charge is 2.14. The zero-order chi connectivity index (χ0) is 13.8. The molecule has 1 nitrogen and oxygen atoms in total. The van der Waals surface area contributed by atoms with Crippen LogP contribution >= 0.6 is 23.2 Å². The molecular weight excluding hydrogens is 284 g/mol. The van der Waals surface area contributed by atoms with Crippen LogP contribution in [0.25, 0.3) is 0 Å². The minimum atomic E-state index is -0.247. The first-order valence-corrected chi connectivity index (χ1v) is 6.73. The van der Waals surface area contributed by atoms with E-state index in [0.717, 1.165) is 11.1 Å². The van der Waals surface area contributed by atoms with Crippen molar-refractivity contribution in [3.8, 4) is 0 Å². The fraction of sp³-hybridized carbons (Fsp3) is 0.200. The van der Waals surface area contributed by atoms with Crippen LogP contribution in [0.2, 0.25) is 10.0 Å². The summed E-state index contributed by atoms with van der Waals surface area (Å²) in [5.74, 6) is -0.247. The third kappa shape index (κ3) is 3.47. The van der Waals surface area contributed by atoms with E-state index in [1.54, 1.807) is 18.2 Å². The van der Waals surface area contributed by atoms with Crippen molar-refractivity contribution < 1.29 is 4.39 Å². The van der Waals surface area contributed by atoms with Crippen LogP contribution in [-0.4, -0.2) is 7.05 Å². The average molecular weight is 298 g/mol. The fourth-order valence-corrected chi connectivity index (χ4v) is 2.59. The molecule has 1 atom stereocenters. The van der Waals surface area contributed by atoms with Gasteiger partial charge in [-0.3, -0.25) is 0 Å². The van der Waals surface area contributed by atoms with E-state index < -0.39 is 0 Å². The molecule has 0 aliphatic heterocycles. The largest absolute Gasteiger partial charge is 0.313 e. The number of hydrogen-bond donors (Lipinski definition) is 1. The third-order valence-corrected chi connectivity index (χ3v) is 3.78. The molecule has 2 aromatic rings. The summed E-state index contributed by atoms with van der Waals surface area (Å²) in [4.78, 5) is 0. The Balaban J connectivity index is 2.29. The minimum Gasteiger partial charge on any atom is -0.313 e. The molecule has 0 aliphatic carbocycles. The third-order valence-electron chi connectivity index (χ3n) is 3.07. The number of benzene rings is 2. The van der Waals surface area contributed by atoms with Crippen LogP contribution in [0.5, 0.6) is 0 Å². The predicted molar refractivity (Wildman–Crippen MR) is 78.4 cm³/mol. The molecule has 0 aliphatic rings. The Bertz CT molecular complexity index is 552. The van der Waals surface area contributed by atoms with Gasteiger partial charge in [-0.15, -0.1) is 0 Å². The van der Waals surface area contributed by atoms with E-state index >= 15 is 0 Å². The molecule has 2 rings (SSSR count). The van der Waals surface area contributed by atoms with Crippen molar-refractivity contribution in [1.29, 1.82) is 0 Å². The molecule has 1 unspecified atom stereocenters. The Morgan fingerprint density at radius 1 is 1.11 bits per heavy atom. The first kappa shape index (κ1) is 14.3. The molecule has 0 fully saturated rings. The van der Waals surface area contributed by atoms with Gasteiger partial charge >= 0.3 is 0 Å². The Kier molecular flexibility index (Phi) is 4.81. The van der Waals surface area contributed by atoms with Crippen LogP contribution < -0.4 is 5.32 Å². The molecule has 1 N–H and O–H groups in total. The van der Waals surface area contributed by atoms with Gasteiger partial charge in [0.1, 0.15) is 5.82 Å². The molecule has 0 aromatic heterocycles. The normalized spacial score (nSPS) is 12.4. The lowest BCUT2D eigenvalue weighted by atomic mass is 9.99. The topological polar surface area (TPSA) is 12.0 Å². The molecule has 0 saturated carbocycles. The summed E-state index contributed by atoms with van der Waals surface area (Å²) in [7, 11) is 1.83. The maximum atomic E-state index is 13.3. The standard InChI is InChI=1S/C15H14Cl2FN/c1-19-15(10-4-2-5-11(18)8-10)9-12-13(16)6-3-7-14(12)17/h2-8,15,19H,9H2,1H3. The average Bonchev–Trinajstić information content (AvgIpc) is 2.38. The molecule has 19 heavy (non-hydrogen) atoms. The summed E-state index contributed by atoms with van der Waals surface area (Å²) in [5.41, 5.74) is 1.74. The van der Waals surface area contributed by atoms with Crippen LogP contribution in [0, 0.1) is 5.82 Å². The lowest BCUT2D eigenvalue weighted by Gasteiger charge is -2.18. The van der Waals surface area contributed by atoms with Crippen molar-refractivity contribution >= 4 is 23.2 Å². The molecule has 0 radical (unpaired) electrons. The zero-order valence-electron chi connectivity index (χ0n) is 10.5. The van der Waals surface area contributed by atoms with Gasteiger partial charge in [0.2, 0.25) is 0 Å². The second-order valence-corrected chi connectivity index (χ2v) is 5.12. The molecule has 0 saturated heterocycles. The monoisotopic (exact) mass is 297 g/mol. The van der Waals surface area contributed by atoms with Crippen molar-refractivity contribution in [2.24, 2.45) is 0 Å². The molecular formula is C15H14Cl2FN. The van der Waals surface area contributed by atoms with Crippen molar-refractivity contribution in [2.45, 2.75) is 12.5 Å². The molecule has 100 valence electrons. The van der Waals surface area contributed by atoms with Gasteiger partial charge in [-0.1, -0.05) is 41.4 Å². The summed E-state index contributed by atoms with van der Waals surface area (Å²) in [6.07, 6.45) is 0.610. The van der Waals surface area contributed by atoms with E-state index in [1.807, 2.05) is 19.2 Å². The number of nitrogens with one attached hydrogen (secondary N) is 1. The van der Waals surface area contributed by atoms with Crippen LogP contribution in [0.4, 0.5) is 4.39 Å². The molecule has 0 amide bonds. The van der Waals surface area contributed by atoms with Crippen molar-refractivity contribution in [3.05, 3.63) is 69.5 Å². The van der Waals surface area contributed by atoms with E-state index in [0.29, 0.717) is 16.5 Å². The van der Waals surface area contributed by atoms with Gasteiger partial charge in [0.05, 0.1) is 0 Å². The predicted octanol–water partition coefficient (Wildman–Crippen LogP) is 4.64. The maximum absolute atomic E-state index is 13.3. The van der Waals surface area contributed by atoms with E-state index in [2.05, 4.69) is 5.32 Å². The number of rotatable bonds is 4. The summed E-state index contributed by atoms with van der Waals surface area (Å²) in [5, 5.41) is 4.42. The molecule has 0 bridgehead atoms. The summed E-state index contributed by atoms with van der Waals surface area (Å²) in [6, 6.07) is 11.9. The van der Waals surface area contributed by atoms with Crippen molar-refractivity contribution in [3.63, 3.8) is 0 Å². The molecule has 4 heteroatoms. The van der Waals surface area contributed by atoms with Crippen LogP contribution in [-0.2, 0) is 6.42 Å². The first-order chi connectivity index (χ1) is 9.11. The summed E-state index contributed by atoms with van der Waals surface area (Å²) in [6.45, 7) is 0. The van der Waals surface area contributed by atoms with Crippen LogP contribution in [0.3, 0.4) is 0 Å². The fourth-order valence-electron chi connectivity index (χ4n) is 2.04. The minimum absolute atomic E-state index is 0.0342. The highest BCUT2D eigenvalue weighted by molar-refractivity contribution is 6.36. The van der Waals surface area contributed by atoms with Gasteiger partial charge in [-0.2, -0.15) is 0 Å². The quantitative estimate of drug-likeness (QED) is 0.867. The Morgan fingerprint density at radius 2 is 1.74 bits per heavy atom. The second kappa shape index (κ2) is 6.38. The van der Waals surface area contributed by atoms with Gasteiger partial charge in [-0.05, 0) is 48.9 Å². The summed E-state index contributed by atoms with van der Waals surface area (Å²) >= 11 is 12.3. The van der Waals surface area contributed by atoms with E-state index in [1.165, 1.54) is 12.1 Å².